The molecule has 3 aromatic rings. The molecule has 140 valence electrons. The summed E-state index contributed by atoms with van der Waals surface area (Å²) in [6.07, 6.45) is 4.53. The maximum Gasteiger partial charge on any atom is 0.179 e. The van der Waals surface area contributed by atoms with Crippen LogP contribution in [-0.2, 0) is 0 Å². The minimum atomic E-state index is -0.472. The van der Waals surface area contributed by atoms with Gasteiger partial charge >= 0.3 is 0 Å². The third-order valence-electron chi connectivity index (χ3n) is 3.80. The van der Waals surface area contributed by atoms with Gasteiger partial charge in [-0.05, 0) is 43.9 Å². The number of hydrogen-bond acceptors (Lipinski definition) is 5. The zero-order chi connectivity index (χ0) is 20.5. The Morgan fingerprint density at radius 3 is 2.43 bits per heavy atom. The summed E-state index contributed by atoms with van der Waals surface area (Å²) in [5.74, 6) is -0.281. The van der Waals surface area contributed by atoms with Crippen molar-refractivity contribution in [2.45, 2.75) is 6.92 Å². The average molecular weight is 374 g/mol. The highest BCUT2D eigenvalue weighted by Crippen LogP contribution is 2.32. The van der Waals surface area contributed by atoms with Gasteiger partial charge in [-0.3, -0.25) is 4.98 Å². The quantitative estimate of drug-likeness (QED) is 0.556. The van der Waals surface area contributed by atoms with E-state index >= 15 is 4.39 Å². The molecule has 0 saturated carbocycles. The molecule has 1 heterocycles. The van der Waals surface area contributed by atoms with E-state index in [1.807, 2.05) is 6.07 Å². The number of aryl methyl sites for hydroxylation is 1. The van der Waals surface area contributed by atoms with E-state index in [4.69, 9.17) is 5.26 Å². The van der Waals surface area contributed by atoms with Crippen molar-refractivity contribution in [2.75, 3.05) is 7.05 Å². The van der Waals surface area contributed by atoms with E-state index in [2.05, 4.69) is 32.4 Å². The van der Waals surface area contributed by atoms with Crippen molar-refractivity contribution in [1.29, 1.82) is 5.26 Å². The third kappa shape index (κ3) is 4.50. The Morgan fingerprint density at radius 2 is 1.86 bits per heavy atom. The lowest BCUT2D eigenvalue weighted by Crippen LogP contribution is -2.01. The Balaban J connectivity index is 0.00000136. The lowest BCUT2D eigenvalue weighted by Gasteiger charge is -2.09. The van der Waals surface area contributed by atoms with Crippen molar-refractivity contribution in [2.24, 2.45) is 15.7 Å². The maximum atomic E-state index is 15.1. The maximum absolute atomic E-state index is 15.1. The Kier molecular flexibility index (Phi) is 7.20. The molecule has 0 aliphatic carbocycles. The summed E-state index contributed by atoms with van der Waals surface area (Å²) in [6.45, 7) is 5.26. The van der Waals surface area contributed by atoms with Crippen LogP contribution in [0.1, 0.15) is 16.8 Å². The van der Waals surface area contributed by atoms with Crippen LogP contribution in [0.4, 0.5) is 10.1 Å². The molecule has 0 atom stereocenters. The number of nitriles is 1. The van der Waals surface area contributed by atoms with Crippen LogP contribution >= 0.6 is 0 Å². The molecule has 0 radical (unpaired) electrons. The van der Waals surface area contributed by atoms with Gasteiger partial charge < -0.3 is 5.73 Å². The van der Waals surface area contributed by atoms with Crippen molar-refractivity contribution in [3.8, 4) is 17.2 Å². The van der Waals surface area contributed by atoms with Crippen LogP contribution in [0.25, 0.3) is 11.1 Å². The summed E-state index contributed by atoms with van der Waals surface area (Å²) in [4.78, 5) is 16.3. The van der Waals surface area contributed by atoms with Crippen molar-refractivity contribution in [1.82, 2.24) is 9.97 Å². The van der Waals surface area contributed by atoms with E-state index in [0.717, 1.165) is 0 Å². The van der Waals surface area contributed by atoms with Crippen LogP contribution in [0, 0.1) is 24.1 Å². The molecule has 0 unspecified atom stereocenters. The highest BCUT2D eigenvalue weighted by molar-refractivity contribution is 6.01. The molecule has 7 heteroatoms. The highest BCUT2D eigenvalue weighted by atomic mass is 19.1. The number of rotatable bonds is 3. The molecule has 2 N–H and O–H groups in total. The van der Waals surface area contributed by atoms with Crippen LogP contribution in [0.15, 0.2) is 65.0 Å². The van der Waals surface area contributed by atoms with E-state index in [-0.39, 0.29) is 11.5 Å². The number of aliphatic imine (C=N–C) groups is 2. The molecular formula is C21H19FN6. The van der Waals surface area contributed by atoms with Crippen LogP contribution in [0.2, 0.25) is 0 Å². The van der Waals surface area contributed by atoms with E-state index < -0.39 is 5.82 Å². The van der Waals surface area contributed by atoms with Gasteiger partial charge in [0.25, 0.3) is 0 Å². The molecule has 28 heavy (non-hydrogen) atoms. The number of nitrogens with two attached hydrogens (primary N) is 1. The third-order valence-corrected chi connectivity index (χ3v) is 3.80. The molecule has 2 aromatic carbocycles. The lowest BCUT2D eigenvalue weighted by molar-refractivity contribution is 0.632. The first-order valence-corrected chi connectivity index (χ1v) is 8.33. The Morgan fingerprint density at radius 1 is 1.14 bits per heavy atom. The molecule has 0 fully saturated rings. The van der Waals surface area contributed by atoms with Crippen molar-refractivity contribution in [3.05, 3.63) is 77.6 Å². The summed E-state index contributed by atoms with van der Waals surface area (Å²) in [5.41, 5.74) is 7.29. The molecule has 0 bridgehead atoms. The van der Waals surface area contributed by atoms with Crippen molar-refractivity contribution in [3.63, 3.8) is 0 Å². The second-order valence-corrected chi connectivity index (χ2v) is 5.47. The van der Waals surface area contributed by atoms with Crippen molar-refractivity contribution >= 4 is 18.2 Å². The number of hydrogen-bond donors (Lipinski definition) is 1. The minimum absolute atomic E-state index is 0.167. The summed E-state index contributed by atoms with van der Waals surface area (Å²) in [7, 11) is 1.50. The van der Waals surface area contributed by atoms with E-state index in [0.29, 0.717) is 27.9 Å². The molecule has 0 amide bonds. The number of halogens is 1. The molecule has 1 aromatic heterocycles. The normalized spacial score (nSPS) is 10.5. The summed E-state index contributed by atoms with van der Waals surface area (Å²) < 4.78 is 15.1. The predicted octanol–water partition coefficient (Wildman–Crippen LogP) is 3.82. The van der Waals surface area contributed by atoms with E-state index in [1.54, 1.807) is 43.3 Å². The summed E-state index contributed by atoms with van der Waals surface area (Å²) >= 11 is 0. The van der Waals surface area contributed by atoms with Gasteiger partial charge in [0.1, 0.15) is 11.4 Å². The second kappa shape index (κ2) is 9.80. The first kappa shape index (κ1) is 20.6. The van der Waals surface area contributed by atoms with Crippen LogP contribution in [0.3, 0.4) is 0 Å². The Bertz CT molecular complexity index is 1020. The number of nitrogens with zero attached hydrogens (tertiary/aromatic N) is 5. The van der Waals surface area contributed by atoms with Gasteiger partial charge in [-0.15, -0.1) is 0 Å². The van der Waals surface area contributed by atoms with Crippen LogP contribution < -0.4 is 5.73 Å². The highest BCUT2D eigenvalue weighted by Gasteiger charge is 2.14. The zero-order valence-corrected chi connectivity index (χ0v) is 15.6. The Hall–Kier alpha value is -3.76. The smallest absolute Gasteiger partial charge is 0.179 e. The van der Waals surface area contributed by atoms with Gasteiger partial charge in [0, 0.05) is 18.0 Å². The molecule has 0 aliphatic heterocycles. The van der Waals surface area contributed by atoms with Gasteiger partial charge in [-0.1, -0.05) is 24.3 Å². The molecule has 0 aliphatic rings. The van der Waals surface area contributed by atoms with Gasteiger partial charge in [0.15, 0.2) is 11.7 Å². The first-order chi connectivity index (χ1) is 13.6. The molecule has 3 rings (SSSR count). The lowest BCUT2D eigenvalue weighted by atomic mass is 10.0. The topological polar surface area (TPSA) is 100 Å². The standard InChI is InChI=1S/C20H14FN5.CH5N/c1-13-3-8-16(15-6-4-14(11-22)5-7-15)18(21)19(13)26-20(23-2)17-12-24-9-10-25-17;1-2/h3-10,12H,2H2,1H3;2H2,1H3. The summed E-state index contributed by atoms with van der Waals surface area (Å²) in [5, 5.41) is 8.90. The number of amidine groups is 1. The largest absolute Gasteiger partial charge is 0.333 e. The predicted molar refractivity (Wildman–Crippen MR) is 109 cm³/mol. The fraction of sp³-hybridized carbons (Fsp3) is 0.0952. The van der Waals surface area contributed by atoms with Gasteiger partial charge in [-0.25, -0.2) is 19.4 Å². The summed E-state index contributed by atoms with van der Waals surface area (Å²) in [6, 6.07) is 12.2. The van der Waals surface area contributed by atoms with Crippen LogP contribution in [-0.4, -0.2) is 29.6 Å². The fourth-order valence-corrected chi connectivity index (χ4v) is 2.44. The minimum Gasteiger partial charge on any atom is -0.333 e. The van der Waals surface area contributed by atoms with E-state index in [1.165, 1.54) is 25.6 Å². The average Bonchev–Trinajstić information content (AvgIpc) is 2.76. The molecule has 6 nitrogen and oxygen atoms in total. The van der Waals surface area contributed by atoms with Crippen LogP contribution in [0.5, 0.6) is 0 Å². The molecule has 0 saturated heterocycles. The zero-order valence-electron chi connectivity index (χ0n) is 15.6. The number of aromatic nitrogens is 2. The van der Waals surface area contributed by atoms with Gasteiger partial charge in [0.2, 0.25) is 0 Å². The number of benzene rings is 2. The molecule has 0 spiro atoms. The van der Waals surface area contributed by atoms with E-state index in [9.17, 15) is 0 Å². The fourth-order valence-electron chi connectivity index (χ4n) is 2.44. The van der Waals surface area contributed by atoms with Gasteiger partial charge in [-0.2, -0.15) is 5.26 Å². The monoisotopic (exact) mass is 374 g/mol. The SMILES string of the molecule is C=NC(=Nc1c(C)ccc(-c2ccc(C#N)cc2)c1F)c1cnccn1.CN. The molecular weight excluding hydrogens is 355 g/mol. The first-order valence-electron chi connectivity index (χ1n) is 8.33. The van der Waals surface area contributed by atoms with Gasteiger partial charge in [0.05, 0.1) is 17.8 Å². The Labute approximate surface area is 163 Å². The second-order valence-electron chi connectivity index (χ2n) is 5.47. The van der Waals surface area contributed by atoms with Crippen molar-refractivity contribution < 1.29 is 4.39 Å².